The van der Waals surface area contributed by atoms with Gasteiger partial charge in [0.2, 0.25) is 10.0 Å². The average molecular weight is 366 g/mol. The zero-order valence-corrected chi connectivity index (χ0v) is 14.6. The van der Waals surface area contributed by atoms with Crippen molar-refractivity contribution in [2.24, 2.45) is 7.05 Å². The fourth-order valence-corrected chi connectivity index (χ4v) is 4.28. The summed E-state index contributed by atoms with van der Waals surface area (Å²) < 4.78 is 41.4. The number of hydrogen-bond donors (Lipinski definition) is 0. The van der Waals surface area contributed by atoms with E-state index in [9.17, 15) is 17.6 Å². The number of rotatable bonds is 3. The maximum atomic E-state index is 13.3. The highest BCUT2D eigenvalue weighted by molar-refractivity contribution is 7.89. The minimum absolute atomic E-state index is 0.139. The van der Waals surface area contributed by atoms with Crippen molar-refractivity contribution < 1.29 is 17.6 Å². The molecule has 2 aromatic rings. The van der Waals surface area contributed by atoms with E-state index in [1.54, 1.807) is 18.0 Å². The van der Waals surface area contributed by atoms with Crippen LogP contribution in [0.3, 0.4) is 0 Å². The summed E-state index contributed by atoms with van der Waals surface area (Å²) in [5.41, 5.74) is 0.267. The first-order valence-electron chi connectivity index (χ1n) is 7.91. The van der Waals surface area contributed by atoms with Crippen molar-refractivity contribution >= 4 is 15.9 Å². The maximum Gasteiger partial charge on any atom is 0.254 e. The Balaban J connectivity index is 1.73. The third-order valence-electron chi connectivity index (χ3n) is 4.13. The molecule has 3 rings (SSSR count). The van der Waals surface area contributed by atoms with Crippen LogP contribution in [0.2, 0.25) is 0 Å². The van der Waals surface area contributed by atoms with Gasteiger partial charge in [-0.3, -0.25) is 9.48 Å². The topological polar surface area (TPSA) is 75.5 Å². The molecule has 0 unspecified atom stereocenters. The lowest BCUT2D eigenvalue weighted by Crippen LogP contribution is -2.37. The first kappa shape index (κ1) is 17.6. The normalized spacial score (nSPS) is 16.6. The van der Waals surface area contributed by atoms with Crippen LogP contribution in [-0.2, 0) is 17.1 Å². The van der Waals surface area contributed by atoms with Gasteiger partial charge >= 0.3 is 0 Å². The second kappa shape index (κ2) is 6.93. The van der Waals surface area contributed by atoms with Crippen molar-refractivity contribution in [2.45, 2.75) is 11.3 Å². The number of aromatic nitrogens is 2. The van der Waals surface area contributed by atoms with Crippen LogP contribution in [0.25, 0.3) is 0 Å². The molecule has 1 aliphatic heterocycles. The highest BCUT2D eigenvalue weighted by Crippen LogP contribution is 2.18. The number of benzene rings is 1. The van der Waals surface area contributed by atoms with E-state index in [-0.39, 0.29) is 29.5 Å². The van der Waals surface area contributed by atoms with Crippen LogP contribution in [0.1, 0.15) is 16.8 Å². The van der Waals surface area contributed by atoms with Gasteiger partial charge in [0, 0.05) is 45.0 Å². The highest BCUT2D eigenvalue weighted by atomic mass is 32.2. The standard InChI is InChI=1S/C16H19FN4O3S/c1-19-12-15(11-18-19)25(23,24)21-7-3-6-20(8-9-21)16(22)13-4-2-5-14(17)10-13/h2,4-5,10-12H,3,6-9H2,1H3. The molecule has 1 saturated heterocycles. The summed E-state index contributed by atoms with van der Waals surface area (Å²) in [6, 6.07) is 5.51. The molecule has 0 bridgehead atoms. The van der Waals surface area contributed by atoms with Crippen LogP contribution < -0.4 is 0 Å². The Morgan fingerprint density at radius 1 is 1.20 bits per heavy atom. The second-order valence-electron chi connectivity index (χ2n) is 5.91. The van der Waals surface area contributed by atoms with Crippen molar-refractivity contribution in [3.63, 3.8) is 0 Å². The molecule has 0 radical (unpaired) electrons. The van der Waals surface area contributed by atoms with E-state index in [0.29, 0.717) is 19.5 Å². The number of nitrogens with zero attached hydrogens (tertiary/aromatic N) is 4. The lowest BCUT2D eigenvalue weighted by molar-refractivity contribution is 0.0763. The van der Waals surface area contributed by atoms with Gasteiger partial charge < -0.3 is 4.90 Å². The molecule has 1 aliphatic rings. The Morgan fingerprint density at radius 3 is 2.68 bits per heavy atom. The van der Waals surface area contributed by atoms with Crippen molar-refractivity contribution in [1.29, 1.82) is 0 Å². The first-order chi connectivity index (χ1) is 11.9. The molecule has 1 aromatic carbocycles. The number of sulfonamides is 1. The summed E-state index contributed by atoms with van der Waals surface area (Å²) in [6.45, 7) is 1.20. The van der Waals surface area contributed by atoms with Gasteiger partial charge in [-0.25, -0.2) is 12.8 Å². The summed E-state index contributed by atoms with van der Waals surface area (Å²) in [5, 5.41) is 3.90. The largest absolute Gasteiger partial charge is 0.337 e. The van der Waals surface area contributed by atoms with Crippen LogP contribution in [0, 0.1) is 5.82 Å². The smallest absolute Gasteiger partial charge is 0.254 e. The summed E-state index contributed by atoms with van der Waals surface area (Å²) >= 11 is 0. The van der Waals surface area contributed by atoms with Gasteiger partial charge in [0.1, 0.15) is 10.7 Å². The minimum Gasteiger partial charge on any atom is -0.337 e. The number of carbonyl (C=O) groups excluding carboxylic acids is 1. The van der Waals surface area contributed by atoms with Gasteiger partial charge in [0.25, 0.3) is 5.91 Å². The molecule has 25 heavy (non-hydrogen) atoms. The lowest BCUT2D eigenvalue weighted by atomic mass is 10.2. The molecule has 9 heteroatoms. The second-order valence-corrected chi connectivity index (χ2v) is 7.85. The molecule has 1 fully saturated rings. The fourth-order valence-electron chi connectivity index (χ4n) is 2.82. The lowest BCUT2D eigenvalue weighted by Gasteiger charge is -2.21. The summed E-state index contributed by atoms with van der Waals surface area (Å²) in [7, 11) is -1.98. The monoisotopic (exact) mass is 366 g/mol. The molecule has 2 heterocycles. The number of aryl methyl sites for hydroxylation is 1. The van der Waals surface area contributed by atoms with Crippen molar-refractivity contribution in [3.8, 4) is 0 Å². The van der Waals surface area contributed by atoms with Gasteiger partial charge in [-0.15, -0.1) is 0 Å². The Morgan fingerprint density at radius 2 is 2.00 bits per heavy atom. The quantitative estimate of drug-likeness (QED) is 0.815. The summed E-state index contributed by atoms with van der Waals surface area (Å²) in [6.07, 6.45) is 3.28. The Bertz CT molecular complexity index is 881. The van der Waals surface area contributed by atoms with Crippen molar-refractivity contribution in [3.05, 3.63) is 48.0 Å². The Kier molecular flexibility index (Phi) is 4.87. The van der Waals surface area contributed by atoms with Crippen molar-refractivity contribution in [2.75, 3.05) is 26.2 Å². The molecular weight excluding hydrogens is 347 g/mol. The molecule has 1 amide bonds. The van der Waals surface area contributed by atoms with E-state index in [1.165, 1.54) is 39.6 Å². The molecule has 0 aliphatic carbocycles. The molecule has 0 N–H and O–H groups in total. The van der Waals surface area contributed by atoms with Gasteiger partial charge in [-0.2, -0.15) is 9.40 Å². The average Bonchev–Trinajstić information content (AvgIpc) is 2.87. The van der Waals surface area contributed by atoms with E-state index in [4.69, 9.17) is 0 Å². The summed E-state index contributed by atoms with van der Waals surface area (Å²) in [4.78, 5) is 14.2. The van der Waals surface area contributed by atoms with Crippen LogP contribution in [0.15, 0.2) is 41.6 Å². The predicted molar refractivity (Wildman–Crippen MR) is 88.9 cm³/mol. The van der Waals surface area contributed by atoms with Gasteiger partial charge in [-0.05, 0) is 24.6 Å². The molecule has 0 saturated carbocycles. The van der Waals surface area contributed by atoms with Crippen LogP contribution in [-0.4, -0.2) is 59.5 Å². The maximum absolute atomic E-state index is 13.3. The minimum atomic E-state index is -3.63. The fraction of sp³-hybridized carbons (Fsp3) is 0.375. The Labute approximate surface area is 145 Å². The molecule has 0 spiro atoms. The number of halogens is 1. The molecular formula is C16H19FN4O3S. The number of carbonyl (C=O) groups is 1. The van der Waals surface area contributed by atoms with E-state index in [0.717, 1.165) is 0 Å². The molecule has 0 atom stereocenters. The van der Waals surface area contributed by atoms with Gasteiger partial charge in [0.05, 0.1) is 6.20 Å². The van der Waals surface area contributed by atoms with E-state index in [1.807, 2.05) is 0 Å². The van der Waals surface area contributed by atoms with E-state index < -0.39 is 15.8 Å². The molecule has 1 aromatic heterocycles. The predicted octanol–water partition coefficient (Wildman–Crippen LogP) is 1.10. The van der Waals surface area contributed by atoms with E-state index >= 15 is 0 Å². The third kappa shape index (κ3) is 3.72. The van der Waals surface area contributed by atoms with Crippen molar-refractivity contribution in [1.82, 2.24) is 19.0 Å². The zero-order chi connectivity index (χ0) is 18.0. The summed E-state index contributed by atoms with van der Waals surface area (Å²) in [5.74, 6) is -0.762. The number of amides is 1. The van der Waals surface area contributed by atoms with Crippen LogP contribution in [0.5, 0.6) is 0 Å². The van der Waals surface area contributed by atoms with Crippen LogP contribution in [0.4, 0.5) is 4.39 Å². The molecule has 134 valence electrons. The van der Waals surface area contributed by atoms with Gasteiger partial charge in [0.15, 0.2) is 0 Å². The number of hydrogen-bond acceptors (Lipinski definition) is 4. The van der Waals surface area contributed by atoms with Crippen LogP contribution >= 0.6 is 0 Å². The highest BCUT2D eigenvalue weighted by Gasteiger charge is 2.29. The molecule has 7 nitrogen and oxygen atoms in total. The Hall–Kier alpha value is -2.26. The van der Waals surface area contributed by atoms with Gasteiger partial charge in [-0.1, -0.05) is 6.07 Å². The third-order valence-corrected chi connectivity index (χ3v) is 5.98. The van der Waals surface area contributed by atoms with E-state index in [2.05, 4.69) is 5.10 Å². The first-order valence-corrected chi connectivity index (χ1v) is 9.35. The zero-order valence-electron chi connectivity index (χ0n) is 13.8. The SMILES string of the molecule is Cn1cc(S(=O)(=O)N2CCCN(C(=O)c3cccc(F)c3)CC2)cn1.